The van der Waals surface area contributed by atoms with E-state index in [1.165, 1.54) is 18.7 Å². The summed E-state index contributed by atoms with van der Waals surface area (Å²) in [6.07, 6.45) is 7.84. The largest absolute Gasteiger partial charge is 0.439 e. The molecule has 0 radical (unpaired) electrons. The molecule has 0 spiro atoms. The molecule has 0 unspecified atom stereocenters. The molecule has 6 rings (SSSR count). The zero-order valence-electron chi connectivity index (χ0n) is 22.4. The Labute approximate surface area is 230 Å². The number of carbonyl (C=O) groups is 1. The predicted octanol–water partition coefficient (Wildman–Crippen LogP) is 3.92. The first-order valence-electron chi connectivity index (χ1n) is 12.8. The van der Waals surface area contributed by atoms with Crippen LogP contribution in [0.5, 0.6) is 11.6 Å². The molecule has 1 aliphatic heterocycles. The summed E-state index contributed by atoms with van der Waals surface area (Å²) in [6, 6.07) is 9.44. The minimum atomic E-state index is -0.372. The number of hydrogen-bond donors (Lipinski definition) is 1. The van der Waals surface area contributed by atoms with Gasteiger partial charge in [0.2, 0.25) is 11.8 Å². The van der Waals surface area contributed by atoms with Crippen molar-refractivity contribution in [2.24, 2.45) is 0 Å². The summed E-state index contributed by atoms with van der Waals surface area (Å²) in [7, 11) is 0. The number of nitrogens with one attached hydrogen (secondary N) is 1. The fourth-order valence-corrected chi connectivity index (χ4v) is 4.91. The number of aromatic nitrogens is 7. The Morgan fingerprint density at radius 2 is 1.98 bits per heavy atom. The molecule has 5 aromatic heterocycles. The van der Waals surface area contributed by atoms with Crippen LogP contribution >= 0.6 is 0 Å². The standard InChI is InChI=1S/C28H28N10O2/c1-5-24(39)37-11-10-36(15-28(37,3)4)22-7-6-21-25(35-22)26(32-16-30-21)34-19-12-18(2)27(29-14-19)40-20-8-9-38-23(13-20)31-17-33-38/h5-9,12-14,16-17H,1,10-11,15H2,2-4H3,(H,30,32,34). The molecule has 5 aromatic rings. The second kappa shape index (κ2) is 9.88. The van der Waals surface area contributed by atoms with Gasteiger partial charge in [0.15, 0.2) is 11.5 Å². The van der Waals surface area contributed by atoms with Crippen molar-refractivity contribution in [3.8, 4) is 11.6 Å². The van der Waals surface area contributed by atoms with Gasteiger partial charge in [-0.3, -0.25) is 4.79 Å². The lowest BCUT2D eigenvalue weighted by molar-refractivity contribution is -0.131. The summed E-state index contributed by atoms with van der Waals surface area (Å²) in [4.78, 5) is 38.8. The zero-order valence-corrected chi connectivity index (χ0v) is 22.4. The molecule has 12 nitrogen and oxygen atoms in total. The Morgan fingerprint density at radius 1 is 1.10 bits per heavy atom. The smallest absolute Gasteiger partial charge is 0.246 e. The van der Waals surface area contributed by atoms with Gasteiger partial charge in [-0.15, -0.1) is 0 Å². The summed E-state index contributed by atoms with van der Waals surface area (Å²) in [5.74, 6) is 2.41. The third-order valence-electron chi connectivity index (χ3n) is 6.89. The van der Waals surface area contributed by atoms with Gasteiger partial charge in [-0.05, 0) is 51.1 Å². The maximum atomic E-state index is 12.3. The number of pyridine rings is 3. The van der Waals surface area contributed by atoms with Gasteiger partial charge in [-0.2, -0.15) is 5.10 Å². The molecule has 0 atom stereocenters. The molecule has 1 amide bonds. The van der Waals surface area contributed by atoms with Crippen LogP contribution in [0.2, 0.25) is 0 Å². The van der Waals surface area contributed by atoms with Crippen molar-refractivity contribution in [2.45, 2.75) is 26.3 Å². The van der Waals surface area contributed by atoms with Crippen molar-refractivity contribution < 1.29 is 9.53 Å². The van der Waals surface area contributed by atoms with Gasteiger partial charge < -0.3 is 19.9 Å². The highest BCUT2D eigenvalue weighted by Crippen LogP contribution is 2.30. The number of aryl methyl sites for hydroxylation is 1. The molecule has 0 saturated carbocycles. The minimum absolute atomic E-state index is 0.0623. The SMILES string of the molecule is C=CC(=O)N1CCN(c2ccc3ncnc(Nc4cnc(Oc5ccn6ncnc6c5)c(C)c4)c3n2)CC1(C)C. The van der Waals surface area contributed by atoms with Crippen LogP contribution in [-0.4, -0.2) is 70.5 Å². The van der Waals surface area contributed by atoms with Crippen LogP contribution < -0.4 is 15.0 Å². The number of carbonyl (C=O) groups excluding carboxylic acids is 1. The number of ether oxygens (including phenoxy) is 1. The summed E-state index contributed by atoms with van der Waals surface area (Å²) in [6.45, 7) is 11.5. The summed E-state index contributed by atoms with van der Waals surface area (Å²) in [5, 5.41) is 7.44. The van der Waals surface area contributed by atoms with Gasteiger partial charge in [-0.1, -0.05) is 6.58 Å². The van der Waals surface area contributed by atoms with E-state index in [1.54, 1.807) is 23.0 Å². The van der Waals surface area contributed by atoms with E-state index >= 15 is 0 Å². The van der Waals surface area contributed by atoms with Crippen LogP contribution in [0.3, 0.4) is 0 Å². The van der Waals surface area contributed by atoms with Crippen LogP contribution in [0.15, 0.2) is 68.0 Å². The number of rotatable bonds is 6. The van der Waals surface area contributed by atoms with Gasteiger partial charge in [0, 0.05) is 37.5 Å². The Bertz CT molecular complexity index is 1750. The van der Waals surface area contributed by atoms with Crippen molar-refractivity contribution in [3.05, 3.63) is 73.6 Å². The van der Waals surface area contributed by atoms with Gasteiger partial charge in [0.1, 0.15) is 29.7 Å². The molecule has 1 fully saturated rings. The van der Waals surface area contributed by atoms with E-state index in [2.05, 4.69) is 41.8 Å². The van der Waals surface area contributed by atoms with Crippen LogP contribution in [0.1, 0.15) is 19.4 Å². The van der Waals surface area contributed by atoms with Crippen molar-refractivity contribution in [1.82, 2.24) is 39.4 Å². The molecule has 0 aliphatic carbocycles. The normalized spacial score (nSPS) is 14.9. The number of piperazine rings is 1. The molecule has 12 heteroatoms. The van der Waals surface area contributed by atoms with Crippen molar-refractivity contribution in [2.75, 3.05) is 29.9 Å². The summed E-state index contributed by atoms with van der Waals surface area (Å²) < 4.78 is 7.66. The summed E-state index contributed by atoms with van der Waals surface area (Å²) in [5.41, 5.74) is 3.25. The topological polar surface area (TPSA) is 127 Å². The van der Waals surface area contributed by atoms with E-state index in [9.17, 15) is 4.79 Å². The molecule has 40 heavy (non-hydrogen) atoms. The van der Waals surface area contributed by atoms with Gasteiger partial charge in [0.25, 0.3) is 0 Å². The average molecular weight is 537 g/mol. The molecule has 1 N–H and O–H groups in total. The molecule has 6 heterocycles. The van der Waals surface area contributed by atoms with E-state index in [0.29, 0.717) is 48.2 Å². The summed E-state index contributed by atoms with van der Waals surface area (Å²) >= 11 is 0. The van der Waals surface area contributed by atoms with E-state index in [1.807, 2.05) is 49.9 Å². The number of amides is 1. The average Bonchev–Trinajstić information content (AvgIpc) is 3.41. The van der Waals surface area contributed by atoms with Gasteiger partial charge >= 0.3 is 0 Å². The maximum Gasteiger partial charge on any atom is 0.246 e. The molecule has 202 valence electrons. The van der Waals surface area contributed by atoms with E-state index in [4.69, 9.17) is 9.72 Å². The first-order chi connectivity index (χ1) is 19.3. The third-order valence-corrected chi connectivity index (χ3v) is 6.89. The fraction of sp³-hybridized carbons (Fsp3) is 0.250. The Hall–Kier alpha value is -5.13. The molecule has 0 bridgehead atoms. The zero-order chi connectivity index (χ0) is 27.9. The number of fused-ring (bicyclic) bond motifs is 2. The number of anilines is 3. The predicted molar refractivity (Wildman–Crippen MR) is 151 cm³/mol. The highest BCUT2D eigenvalue weighted by Gasteiger charge is 2.36. The fourth-order valence-electron chi connectivity index (χ4n) is 4.91. The van der Waals surface area contributed by atoms with Crippen LogP contribution in [0.4, 0.5) is 17.3 Å². The Balaban J connectivity index is 1.23. The lowest BCUT2D eigenvalue weighted by Gasteiger charge is -2.47. The van der Waals surface area contributed by atoms with E-state index in [0.717, 1.165) is 22.6 Å². The first kappa shape index (κ1) is 25.2. The quantitative estimate of drug-likeness (QED) is 0.319. The van der Waals surface area contributed by atoms with Crippen LogP contribution in [0.25, 0.3) is 16.7 Å². The van der Waals surface area contributed by atoms with Gasteiger partial charge in [-0.25, -0.2) is 29.4 Å². The van der Waals surface area contributed by atoms with E-state index in [-0.39, 0.29) is 11.4 Å². The molecule has 0 aromatic carbocycles. The van der Waals surface area contributed by atoms with Crippen molar-refractivity contribution >= 4 is 39.9 Å². The molecular weight excluding hydrogens is 508 g/mol. The monoisotopic (exact) mass is 536 g/mol. The highest BCUT2D eigenvalue weighted by molar-refractivity contribution is 5.89. The minimum Gasteiger partial charge on any atom is -0.439 e. The first-order valence-corrected chi connectivity index (χ1v) is 12.8. The van der Waals surface area contributed by atoms with Crippen LogP contribution in [0, 0.1) is 6.92 Å². The number of hydrogen-bond acceptors (Lipinski definition) is 10. The lowest BCUT2D eigenvalue weighted by Crippen LogP contribution is -2.61. The van der Waals surface area contributed by atoms with Gasteiger partial charge in [0.05, 0.1) is 22.9 Å². The molecule has 1 aliphatic rings. The molecular formula is C28H28N10O2. The molecule has 1 saturated heterocycles. The third kappa shape index (κ3) is 4.75. The number of nitrogens with zero attached hydrogens (tertiary/aromatic N) is 9. The Morgan fingerprint density at radius 3 is 2.77 bits per heavy atom. The van der Waals surface area contributed by atoms with Crippen molar-refractivity contribution in [3.63, 3.8) is 0 Å². The second-order valence-electron chi connectivity index (χ2n) is 10.2. The van der Waals surface area contributed by atoms with Crippen molar-refractivity contribution in [1.29, 1.82) is 0 Å². The van der Waals surface area contributed by atoms with Crippen LogP contribution in [-0.2, 0) is 4.79 Å². The maximum absolute atomic E-state index is 12.3. The second-order valence-corrected chi connectivity index (χ2v) is 10.2. The van der Waals surface area contributed by atoms with E-state index < -0.39 is 0 Å². The lowest BCUT2D eigenvalue weighted by atomic mass is 9.98. The Kier molecular flexibility index (Phi) is 6.21. The highest BCUT2D eigenvalue weighted by atomic mass is 16.5.